The Kier molecular flexibility index (Phi) is 5.39. The van der Waals surface area contributed by atoms with E-state index in [1.54, 1.807) is 84.3 Å². The normalized spacial score (nSPS) is 12.0. The SMILES string of the molecule is CCOC(=O)c1cn2c(n1)N(C(=O)c1ccccc1)N(C(=O)c1ccccc1)c1ccccc1-2. The highest BCUT2D eigenvalue weighted by molar-refractivity contribution is 6.18. The van der Waals surface area contributed by atoms with Crippen molar-refractivity contribution in [2.45, 2.75) is 6.92 Å². The molecule has 3 aromatic carbocycles. The number of esters is 1. The quantitative estimate of drug-likeness (QED) is 0.432. The maximum atomic E-state index is 13.8. The number of aromatic nitrogens is 2. The lowest BCUT2D eigenvalue weighted by Crippen LogP contribution is -2.54. The lowest BCUT2D eigenvalue weighted by Gasteiger charge is -2.38. The van der Waals surface area contributed by atoms with Gasteiger partial charge in [-0.15, -0.1) is 0 Å². The molecule has 0 bridgehead atoms. The van der Waals surface area contributed by atoms with Crippen molar-refractivity contribution < 1.29 is 19.1 Å². The fourth-order valence-corrected chi connectivity index (χ4v) is 3.83. The number of benzene rings is 3. The summed E-state index contributed by atoms with van der Waals surface area (Å²) in [6.45, 7) is 1.89. The molecule has 0 aliphatic carbocycles. The minimum atomic E-state index is -0.616. The van der Waals surface area contributed by atoms with Crippen LogP contribution in [0.3, 0.4) is 0 Å². The van der Waals surface area contributed by atoms with Gasteiger partial charge < -0.3 is 4.74 Å². The maximum Gasteiger partial charge on any atom is 0.358 e. The highest BCUT2D eigenvalue weighted by Gasteiger charge is 2.40. The molecule has 0 fully saturated rings. The Hall–Kier alpha value is -4.72. The van der Waals surface area contributed by atoms with E-state index in [-0.39, 0.29) is 18.2 Å². The van der Waals surface area contributed by atoms with Gasteiger partial charge in [-0.1, -0.05) is 48.5 Å². The number of anilines is 2. The molecule has 1 aliphatic heterocycles. The number of ether oxygens (including phenoxy) is 1. The van der Waals surface area contributed by atoms with Crippen molar-refractivity contribution in [2.75, 3.05) is 16.6 Å². The molecule has 4 aromatic rings. The number of amides is 2. The van der Waals surface area contributed by atoms with E-state index < -0.39 is 17.8 Å². The van der Waals surface area contributed by atoms with Gasteiger partial charge in [0.05, 0.1) is 18.0 Å². The van der Waals surface area contributed by atoms with Gasteiger partial charge in [-0.25, -0.2) is 14.8 Å². The number of carbonyl (C=O) groups excluding carboxylic acids is 3. The van der Waals surface area contributed by atoms with Gasteiger partial charge in [-0.2, -0.15) is 5.01 Å². The molecule has 0 atom stereocenters. The fraction of sp³-hybridized carbons (Fsp3) is 0.0769. The third kappa shape index (κ3) is 3.51. The summed E-state index contributed by atoms with van der Waals surface area (Å²) in [5.41, 5.74) is 1.86. The molecular formula is C26H20N4O4. The number of para-hydroxylation sites is 2. The molecule has 0 N–H and O–H groups in total. The number of carbonyl (C=O) groups is 3. The Morgan fingerprint density at radius 1 is 0.735 bits per heavy atom. The third-order valence-electron chi connectivity index (χ3n) is 5.36. The van der Waals surface area contributed by atoms with Crippen molar-refractivity contribution in [1.82, 2.24) is 9.55 Å². The van der Waals surface area contributed by atoms with E-state index in [1.165, 1.54) is 16.2 Å². The first-order chi connectivity index (χ1) is 16.6. The van der Waals surface area contributed by atoms with E-state index in [1.807, 2.05) is 12.1 Å². The van der Waals surface area contributed by atoms with Gasteiger partial charge in [0.2, 0.25) is 5.95 Å². The van der Waals surface area contributed by atoms with Gasteiger partial charge in [-0.3, -0.25) is 14.2 Å². The number of nitrogens with zero attached hydrogens (tertiary/aromatic N) is 4. The molecule has 8 nitrogen and oxygen atoms in total. The lowest BCUT2D eigenvalue weighted by atomic mass is 10.1. The summed E-state index contributed by atoms with van der Waals surface area (Å²) >= 11 is 0. The summed E-state index contributed by atoms with van der Waals surface area (Å²) in [4.78, 5) is 44.4. The molecule has 168 valence electrons. The van der Waals surface area contributed by atoms with Crippen molar-refractivity contribution in [2.24, 2.45) is 0 Å². The second kappa shape index (κ2) is 8.67. The standard InChI is InChI=1S/C26H20N4O4/c1-2-34-25(33)20-17-28-21-15-9-10-16-22(21)29(23(31)18-11-5-3-6-12-18)30(26(28)27-20)24(32)19-13-7-4-8-14-19/h3-17H,2H2,1H3. The van der Waals surface area contributed by atoms with Gasteiger partial charge in [0, 0.05) is 17.3 Å². The van der Waals surface area contributed by atoms with Crippen molar-refractivity contribution >= 4 is 29.4 Å². The summed E-state index contributed by atoms with van der Waals surface area (Å²) in [6.07, 6.45) is 1.52. The molecule has 0 spiro atoms. The maximum absolute atomic E-state index is 13.8. The molecular weight excluding hydrogens is 432 g/mol. The predicted octanol–water partition coefficient (Wildman–Crippen LogP) is 4.27. The highest BCUT2D eigenvalue weighted by atomic mass is 16.5. The third-order valence-corrected chi connectivity index (χ3v) is 5.36. The summed E-state index contributed by atoms with van der Waals surface area (Å²) < 4.78 is 6.74. The van der Waals surface area contributed by atoms with Crippen LogP contribution in [0.15, 0.2) is 91.1 Å². The van der Waals surface area contributed by atoms with E-state index in [4.69, 9.17) is 4.74 Å². The molecule has 1 aromatic heterocycles. The molecule has 8 heteroatoms. The molecule has 2 heterocycles. The van der Waals surface area contributed by atoms with Crippen LogP contribution in [0, 0.1) is 0 Å². The number of imidazole rings is 1. The van der Waals surface area contributed by atoms with Gasteiger partial charge in [0.15, 0.2) is 5.69 Å². The first-order valence-electron chi connectivity index (χ1n) is 10.7. The van der Waals surface area contributed by atoms with Gasteiger partial charge in [0.1, 0.15) is 0 Å². The van der Waals surface area contributed by atoms with Crippen LogP contribution in [0.5, 0.6) is 0 Å². The number of hydrogen-bond donors (Lipinski definition) is 0. The topological polar surface area (TPSA) is 84.7 Å². The Bertz CT molecular complexity index is 1380. The summed E-state index contributed by atoms with van der Waals surface area (Å²) in [7, 11) is 0. The summed E-state index contributed by atoms with van der Waals surface area (Å²) in [5.74, 6) is -1.39. The number of fused-ring (bicyclic) bond motifs is 3. The zero-order valence-corrected chi connectivity index (χ0v) is 18.3. The summed E-state index contributed by atoms with van der Waals surface area (Å²) in [6, 6.07) is 24.4. The van der Waals surface area contributed by atoms with Crippen LogP contribution >= 0.6 is 0 Å². The first kappa shape index (κ1) is 21.1. The molecule has 5 rings (SSSR count). The zero-order chi connectivity index (χ0) is 23.7. The second-order valence-corrected chi connectivity index (χ2v) is 7.47. The molecule has 0 saturated heterocycles. The Balaban J connectivity index is 1.74. The summed E-state index contributed by atoms with van der Waals surface area (Å²) in [5, 5.41) is 2.51. The van der Waals surface area contributed by atoms with Gasteiger partial charge >= 0.3 is 5.97 Å². The van der Waals surface area contributed by atoms with Gasteiger partial charge in [0.25, 0.3) is 11.8 Å². The van der Waals surface area contributed by atoms with E-state index in [2.05, 4.69) is 4.98 Å². The number of rotatable bonds is 4. The van der Waals surface area contributed by atoms with E-state index in [9.17, 15) is 14.4 Å². The average molecular weight is 452 g/mol. The van der Waals surface area contributed by atoms with Crippen molar-refractivity contribution in [1.29, 1.82) is 0 Å². The molecule has 1 aliphatic rings. The van der Waals surface area contributed by atoms with Crippen LogP contribution in [0.1, 0.15) is 38.1 Å². The van der Waals surface area contributed by atoms with Crippen LogP contribution in [-0.4, -0.2) is 33.9 Å². The largest absolute Gasteiger partial charge is 0.461 e. The minimum Gasteiger partial charge on any atom is -0.461 e. The Labute approximate surface area is 195 Å². The van der Waals surface area contributed by atoms with Crippen molar-refractivity contribution in [3.05, 3.63) is 108 Å². The van der Waals surface area contributed by atoms with Crippen LogP contribution < -0.4 is 10.0 Å². The van der Waals surface area contributed by atoms with E-state index in [0.717, 1.165) is 0 Å². The number of hydrogen-bond acceptors (Lipinski definition) is 5. The second-order valence-electron chi connectivity index (χ2n) is 7.47. The van der Waals surface area contributed by atoms with Gasteiger partial charge in [-0.05, 0) is 43.3 Å². The molecule has 2 amide bonds. The molecule has 0 saturated carbocycles. The molecule has 34 heavy (non-hydrogen) atoms. The van der Waals surface area contributed by atoms with Crippen molar-refractivity contribution in [3.8, 4) is 5.69 Å². The smallest absolute Gasteiger partial charge is 0.358 e. The first-order valence-corrected chi connectivity index (χ1v) is 10.7. The zero-order valence-electron chi connectivity index (χ0n) is 18.3. The van der Waals surface area contributed by atoms with Crippen LogP contribution in [0.2, 0.25) is 0 Å². The molecule has 0 radical (unpaired) electrons. The predicted molar refractivity (Wildman–Crippen MR) is 126 cm³/mol. The minimum absolute atomic E-state index is 0.0338. The average Bonchev–Trinajstić information content (AvgIpc) is 3.34. The lowest BCUT2D eigenvalue weighted by molar-refractivity contribution is 0.0519. The Morgan fingerprint density at radius 2 is 1.26 bits per heavy atom. The Morgan fingerprint density at radius 3 is 1.85 bits per heavy atom. The van der Waals surface area contributed by atoms with E-state index in [0.29, 0.717) is 22.5 Å². The van der Waals surface area contributed by atoms with Crippen LogP contribution in [0.25, 0.3) is 5.69 Å². The highest BCUT2D eigenvalue weighted by Crippen LogP contribution is 2.38. The van der Waals surface area contributed by atoms with Crippen LogP contribution in [-0.2, 0) is 4.74 Å². The van der Waals surface area contributed by atoms with Crippen LogP contribution in [0.4, 0.5) is 11.6 Å². The monoisotopic (exact) mass is 452 g/mol. The van der Waals surface area contributed by atoms with E-state index >= 15 is 0 Å². The van der Waals surface area contributed by atoms with Crippen molar-refractivity contribution in [3.63, 3.8) is 0 Å². The number of hydrazine groups is 1. The fourth-order valence-electron chi connectivity index (χ4n) is 3.83. The molecule has 0 unspecified atom stereocenters.